The molecule has 0 spiro atoms. The van der Waals surface area contributed by atoms with Gasteiger partial charge in [0.15, 0.2) is 0 Å². The van der Waals surface area contributed by atoms with Crippen LogP contribution in [0.1, 0.15) is 49.3 Å². The Morgan fingerprint density at radius 3 is 2.41 bits per heavy atom. The van der Waals surface area contributed by atoms with Gasteiger partial charge in [-0.05, 0) is 80.1 Å². The maximum Gasteiger partial charge on any atom is 0.224 e. The van der Waals surface area contributed by atoms with Gasteiger partial charge in [-0.15, -0.1) is 0 Å². The molecule has 2 aliphatic rings. The SMILES string of the molecule is CC1CCN(Cc2ccc(CNC(=O)C3CCCN(Cc4cccc(Cl)c4)C3)cc2)CC1. The smallest absolute Gasteiger partial charge is 0.224 e. The van der Waals surface area contributed by atoms with Gasteiger partial charge in [0, 0.05) is 31.2 Å². The van der Waals surface area contributed by atoms with Crippen molar-refractivity contribution in [2.24, 2.45) is 11.8 Å². The van der Waals surface area contributed by atoms with Crippen LogP contribution in [0, 0.1) is 11.8 Å². The molecule has 2 aromatic carbocycles. The van der Waals surface area contributed by atoms with Gasteiger partial charge < -0.3 is 5.32 Å². The molecule has 0 aromatic heterocycles. The largest absolute Gasteiger partial charge is 0.352 e. The van der Waals surface area contributed by atoms with Crippen molar-refractivity contribution in [1.82, 2.24) is 15.1 Å². The third kappa shape index (κ3) is 6.81. The summed E-state index contributed by atoms with van der Waals surface area (Å²) in [5, 5.41) is 3.94. The molecule has 2 aliphatic heterocycles. The third-order valence-corrected chi connectivity index (χ3v) is 7.18. The molecule has 1 amide bonds. The standard InChI is InChI=1S/C27H36ClN3O/c1-21-11-14-30(15-12-21)18-23-9-7-22(8-10-23)17-29-27(32)25-5-3-13-31(20-25)19-24-4-2-6-26(28)16-24/h2,4,6-10,16,21,25H,3,5,11-15,17-20H2,1H3,(H,29,32). The molecule has 2 heterocycles. The lowest BCUT2D eigenvalue weighted by Gasteiger charge is -2.32. The summed E-state index contributed by atoms with van der Waals surface area (Å²) in [6, 6.07) is 16.8. The monoisotopic (exact) mass is 453 g/mol. The second-order valence-corrected chi connectivity index (χ2v) is 10.1. The van der Waals surface area contributed by atoms with E-state index < -0.39 is 0 Å². The van der Waals surface area contributed by atoms with Crippen LogP contribution < -0.4 is 5.32 Å². The molecule has 1 unspecified atom stereocenters. The molecule has 0 aliphatic carbocycles. The Bertz CT molecular complexity index is 877. The minimum atomic E-state index is 0.0590. The average Bonchev–Trinajstić information content (AvgIpc) is 2.80. The van der Waals surface area contributed by atoms with E-state index in [0.717, 1.165) is 50.0 Å². The number of nitrogens with one attached hydrogen (secondary N) is 1. The first-order chi connectivity index (χ1) is 15.5. The van der Waals surface area contributed by atoms with Gasteiger partial charge >= 0.3 is 0 Å². The van der Waals surface area contributed by atoms with E-state index in [-0.39, 0.29) is 11.8 Å². The van der Waals surface area contributed by atoms with Crippen LogP contribution in [0.3, 0.4) is 0 Å². The Morgan fingerprint density at radius 2 is 1.66 bits per heavy atom. The third-order valence-electron chi connectivity index (χ3n) is 6.94. The predicted molar refractivity (Wildman–Crippen MR) is 131 cm³/mol. The Balaban J connectivity index is 1.22. The summed E-state index contributed by atoms with van der Waals surface area (Å²) in [4.78, 5) is 17.7. The van der Waals surface area contributed by atoms with Crippen LogP contribution in [0.4, 0.5) is 0 Å². The molecule has 0 bridgehead atoms. The zero-order valence-corrected chi connectivity index (χ0v) is 20.0. The first-order valence-corrected chi connectivity index (χ1v) is 12.5. The summed E-state index contributed by atoms with van der Waals surface area (Å²) in [6.07, 6.45) is 4.64. The normalized spacial score (nSPS) is 20.9. The van der Waals surface area contributed by atoms with Crippen LogP contribution in [-0.2, 0) is 24.4 Å². The van der Waals surface area contributed by atoms with Gasteiger partial charge in [-0.2, -0.15) is 0 Å². The minimum Gasteiger partial charge on any atom is -0.352 e. The number of hydrogen-bond acceptors (Lipinski definition) is 3. The topological polar surface area (TPSA) is 35.6 Å². The molecular formula is C27H36ClN3O. The first-order valence-electron chi connectivity index (χ1n) is 12.1. The summed E-state index contributed by atoms with van der Waals surface area (Å²) in [7, 11) is 0. The number of carbonyl (C=O) groups is 1. The minimum absolute atomic E-state index is 0.0590. The van der Waals surface area contributed by atoms with Gasteiger partial charge in [0.2, 0.25) is 5.91 Å². The molecule has 4 rings (SSSR count). The maximum atomic E-state index is 12.8. The van der Waals surface area contributed by atoms with Crippen molar-refractivity contribution in [3.05, 3.63) is 70.2 Å². The van der Waals surface area contributed by atoms with Crippen LogP contribution in [0.2, 0.25) is 5.02 Å². The summed E-state index contributed by atoms with van der Waals surface area (Å²) in [5.74, 6) is 1.10. The van der Waals surface area contributed by atoms with Gasteiger partial charge in [-0.1, -0.05) is 54.9 Å². The summed E-state index contributed by atoms with van der Waals surface area (Å²) >= 11 is 6.12. The van der Waals surface area contributed by atoms with Crippen LogP contribution in [0.25, 0.3) is 0 Å². The molecule has 1 N–H and O–H groups in total. The highest BCUT2D eigenvalue weighted by Gasteiger charge is 2.25. The van der Waals surface area contributed by atoms with Crippen LogP contribution in [0.5, 0.6) is 0 Å². The van der Waals surface area contributed by atoms with Crippen molar-refractivity contribution < 1.29 is 4.79 Å². The van der Waals surface area contributed by atoms with Crippen molar-refractivity contribution in [3.63, 3.8) is 0 Å². The van der Waals surface area contributed by atoms with Crippen molar-refractivity contribution in [3.8, 4) is 0 Å². The fourth-order valence-electron chi connectivity index (χ4n) is 4.88. The molecule has 4 nitrogen and oxygen atoms in total. The highest BCUT2D eigenvalue weighted by Crippen LogP contribution is 2.21. The molecule has 0 radical (unpaired) electrons. The van der Waals surface area contributed by atoms with E-state index in [4.69, 9.17) is 11.6 Å². The highest BCUT2D eigenvalue weighted by atomic mass is 35.5. The fourth-order valence-corrected chi connectivity index (χ4v) is 5.09. The van der Waals surface area contributed by atoms with Crippen molar-refractivity contribution in [2.45, 2.75) is 52.2 Å². The molecule has 2 saturated heterocycles. The second kappa shape index (κ2) is 11.3. The Labute approximate surface area is 197 Å². The van der Waals surface area contributed by atoms with Crippen LogP contribution >= 0.6 is 11.6 Å². The van der Waals surface area contributed by atoms with E-state index in [1.54, 1.807) is 0 Å². The van der Waals surface area contributed by atoms with Gasteiger partial charge in [-0.3, -0.25) is 14.6 Å². The number of nitrogens with zero attached hydrogens (tertiary/aromatic N) is 2. The first kappa shape index (κ1) is 23.3. The quantitative estimate of drug-likeness (QED) is 0.633. The van der Waals surface area contributed by atoms with E-state index >= 15 is 0 Å². The molecular weight excluding hydrogens is 418 g/mol. The number of likely N-dealkylation sites (tertiary alicyclic amines) is 2. The molecule has 2 fully saturated rings. The van der Waals surface area contributed by atoms with Gasteiger partial charge in [0.1, 0.15) is 0 Å². The van der Waals surface area contributed by atoms with Gasteiger partial charge in [0.05, 0.1) is 5.92 Å². The molecule has 2 aromatic rings. The molecule has 32 heavy (non-hydrogen) atoms. The van der Waals surface area contributed by atoms with Crippen LogP contribution in [-0.4, -0.2) is 41.9 Å². The van der Waals surface area contributed by atoms with Gasteiger partial charge in [-0.25, -0.2) is 0 Å². The number of hydrogen-bond donors (Lipinski definition) is 1. The second-order valence-electron chi connectivity index (χ2n) is 9.70. The van der Waals surface area contributed by atoms with E-state index in [2.05, 4.69) is 52.4 Å². The zero-order chi connectivity index (χ0) is 22.3. The number of benzene rings is 2. The molecule has 5 heteroatoms. The number of carbonyl (C=O) groups excluding carboxylic acids is 1. The lowest BCUT2D eigenvalue weighted by atomic mass is 9.96. The van der Waals surface area contributed by atoms with Crippen molar-refractivity contribution in [1.29, 1.82) is 0 Å². The van der Waals surface area contributed by atoms with Crippen molar-refractivity contribution >= 4 is 17.5 Å². The Morgan fingerprint density at radius 1 is 0.938 bits per heavy atom. The lowest BCUT2D eigenvalue weighted by Crippen LogP contribution is -2.42. The van der Waals surface area contributed by atoms with Crippen molar-refractivity contribution in [2.75, 3.05) is 26.2 Å². The maximum absolute atomic E-state index is 12.8. The summed E-state index contributed by atoms with van der Waals surface area (Å²) in [6.45, 7) is 9.09. The van der Waals surface area contributed by atoms with Crippen LogP contribution in [0.15, 0.2) is 48.5 Å². The molecule has 1 atom stereocenters. The summed E-state index contributed by atoms with van der Waals surface area (Å²) < 4.78 is 0. The van der Waals surface area contributed by atoms with E-state index in [1.807, 2.05) is 18.2 Å². The highest BCUT2D eigenvalue weighted by molar-refractivity contribution is 6.30. The fraction of sp³-hybridized carbons (Fsp3) is 0.519. The number of halogens is 1. The Hall–Kier alpha value is -1.88. The van der Waals surface area contributed by atoms with Gasteiger partial charge in [0.25, 0.3) is 0 Å². The molecule has 0 saturated carbocycles. The zero-order valence-electron chi connectivity index (χ0n) is 19.2. The molecule has 172 valence electrons. The summed E-state index contributed by atoms with van der Waals surface area (Å²) in [5.41, 5.74) is 3.73. The van der Waals surface area contributed by atoms with E-state index in [9.17, 15) is 4.79 Å². The van der Waals surface area contributed by atoms with E-state index in [1.165, 1.54) is 42.6 Å². The predicted octanol–water partition coefficient (Wildman–Crippen LogP) is 5.10. The number of piperidine rings is 2. The Kier molecular flexibility index (Phi) is 8.23. The number of rotatable bonds is 7. The van der Waals surface area contributed by atoms with E-state index in [0.29, 0.717) is 6.54 Å². The lowest BCUT2D eigenvalue weighted by molar-refractivity contribution is -0.126. The number of amides is 1. The average molecular weight is 454 g/mol.